The molecule has 1 aromatic carbocycles. The SMILES string of the molecule is C=CCNCC(=O)Cc1cc(OC)ccc1Br. The molecule has 17 heavy (non-hydrogen) atoms. The van der Waals surface area contributed by atoms with Gasteiger partial charge in [-0.15, -0.1) is 6.58 Å². The van der Waals surface area contributed by atoms with Crippen molar-refractivity contribution in [2.24, 2.45) is 0 Å². The maximum Gasteiger partial charge on any atom is 0.151 e. The molecule has 0 aliphatic rings. The fraction of sp³-hybridized carbons (Fsp3) is 0.308. The average Bonchev–Trinajstić information content (AvgIpc) is 2.32. The van der Waals surface area contributed by atoms with Crippen LogP contribution in [0.2, 0.25) is 0 Å². The van der Waals surface area contributed by atoms with Crippen molar-refractivity contribution < 1.29 is 9.53 Å². The van der Waals surface area contributed by atoms with Crippen LogP contribution in [0.15, 0.2) is 35.3 Å². The fourth-order valence-corrected chi connectivity index (χ4v) is 1.79. The predicted octanol–water partition coefficient (Wildman–Crippen LogP) is 2.34. The van der Waals surface area contributed by atoms with Gasteiger partial charge in [0.05, 0.1) is 13.7 Å². The lowest BCUT2D eigenvalue weighted by atomic mass is 10.1. The molecule has 92 valence electrons. The van der Waals surface area contributed by atoms with Gasteiger partial charge in [0, 0.05) is 17.4 Å². The number of methoxy groups -OCH3 is 1. The van der Waals surface area contributed by atoms with Crippen LogP contribution in [-0.4, -0.2) is 26.0 Å². The van der Waals surface area contributed by atoms with Crippen molar-refractivity contribution in [1.82, 2.24) is 5.32 Å². The van der Waals surface area contributed by atoms with Gasteiger partial charge in [0.15, 0.2) is 5.78 Å². The summed E-state index contributed by atoms with van der Waals surface area (Å²) in [6, 6.07) is 5.61. The molecular weight excluding hydrogens is 282 g/mol. The molecule has 0 fully saturated rings. The summed E-state index contributed by atoms with van der Waals surface area (Å²) in [5.74, 6) is 0.899. The van der Waals surface area contributed by atoms with Gasteiger partial charge in [-0.1, -0.05) is 22.0 Å². The highest BCUT2D eigenvalue weighted by molar-refractivity contribution is 9.10. The van der Waals surface area contributed by atoms with Gasteiger partial charge >= 0.3 is 0 Å². The van der Waals surface area contributed by atoms with Crippen LogP contribution in [0.4, 0.5) is 0 Å². The number of hydrogen-bond donors (Lipinski definition) is 1. The molecule has 1 aromatic rings. The van der Waals surface area contributed by atoms with Crippen LogP contribution in [0.1, 0.15) is 5.56 Å². The molecule has 3 nitrogen and oxygen atoms in total. The second-order valence-corrected chi connectivity index (χ2v) is 4.45. The van der Waals surface area contributed by atoms with E-state index in [9.17, 15) is 4.79 Å². The third-order valence-corrected chi connectivity index (χ3v) is 3.02. The summed E-state index contributed by atoms with van der Waals surface area (Å²) in [5.41, 5.74) is 0.940. The number of rotatable bonds is 7. The highest BCUT2D eigenvalue weighted by Gasteiger charge is 2.07. The van der Waals surface area contributed by atoms with Crippen LogP contribution >= 0.6 is 15.9 Å². The number of hydrogen-bond acceptors (Lipinski definition) is 3. The van der Waals surface area contributed by atoms with Crippen molar-refractivity contribution in [3.8, 4) is 5.75 Å². The van der Waals surface area contributed by atoms with Crippen molar-refractivity contribution in [3.63, 3.8) is 0 Å². The topological polar surface area (TPSA) is 38.3 Å². The zero-order valence-corrected chi connectivity index (χ0v) is 11.4. The Bertz CT molecular complexity index is 404. The Labute approximate surface area is 110 Å². The molecule has 0 saturated carbocycles. The summed E-state index contributed by atoms with van der Waals surface area (Å²) >= 11 is 3.43. The second-order valence-electron chi connectivity index (χ2n) is 3.59. The molecule has 4 heteroatoms. The molecule has 0 aliphatic carbocycles. The number of halogens is 1. The summed E-state index contributed by atoms with van der Waals surface area (Å²) in [5, 5.41) is 2.99. The maximum absolute atomic E-state index is 11.7. The van der Waals surface area contributed by atoms with Crippen molar-refractivity contribution >= 4 is 21.7 Å². The summed E-state index contributed by atoms with van der Waals surface area (Å²) in [7, 11) is 1.61. The number of ketones is 1. The zero-order valence-electron chi connectivity index (χ0n) is 9.83. The lowest BCUT2D eigenvalue weighted by Crippen LogP contribution is -2.24. The number of carbonyl (C=O) groups excluding carboxylic acids is 1. The van der Waals surface area contributed by atoms with Crippen molar-refractivity contribution in [2.75, 3.05) is 20.2 Å². The monoisotopic (exact) mass is 297 g/mol. The van der Waals surface area contributed by atoms with Gasteiger partial charge in [-0.3, -0.25) is 4.79 Å². The second kappa shape index (κ2) is 7.25. The normalized spacial score (nSPS) is 10.0. The average molecular weight is 298 g/mol. The molecule has 0 radical (unpaired) electrons. The molecule has 0 atom stereocenters. The number of carbonyl (C=O) groups is 1. The molecule has 0 aliphatic heterocycles. The molecule has 0 amide bonds. The van der Waals surface area contributed by atoms with Gasteiger partial charge in [-0.25, -0.2) is 0 Å². The van der Waals surface area contributed by atoms with E-state index in [1.807, 2.05) is 18.2 Å². The van der Waals surface area contributed by atoms with Gasteiger partial charge in [0.25, 0.3) is 0 Å². The minimum absolute atomic E-state index is 0.140. The Morgan fingerprint density at radius 3 is 3.00 bits per heavy atom. The Hall–Kier alpha value is -1.13. The third-order valence-electron chi connectivity index (χ3n) is 2.25. The van der Waals surface area contributed by atoms with Gasteiger partial charge < -0.3 is 10.1 Å². The smallest absolute Gasteiger partial charge is 0.151 e. The van der Waals surface area contributed by atoms with E-state index in [4.69, 9.17) is 4.74 Å². The van der Waals surface area contributed by atoms with Crippen molar-refractivity contribution in [3.05, 3.63) is 40.9 Å². The fourth-order valence-electron chi connectivity index (χ4n) is 1.40. The first kappa shape index (κ1) is 13.9. The van der Waals surface area contributed by atoms with E-state index in [2.05, 4.69) is 27.8 Å². The molecule has 0 heterocycles. The zero-order chi connectivity index (χ0) is 12.7. The standard InChI is InChI=1S/C13H16BrNO2/c1-3-6-15-9-11(16)7-10-8-12(17-2)4-5-13(10)14/h3-5,8,15H,1,6-7,9H2,2H3. The quantitative estimate of drug-likeness (QED) is 0.620. The summed E-state index contributed by atoms with van der Waals surface area (Å²) < 4.78 is 6.06. The van der Waals surface area contributed by atoms with Gasteiger partial charge in [0.1, 0.15) is 5.75 Å². The molecule has 0 saturated heterocycles. The lowest BCUT2D eigenvalue weighted by molar-refractivity contribution is -0.117. The Balaban J connectivity index is 2.60. The van der Waals surface area contributed by atoms with Crippen LogP contribution in [0.3, 0.4) is 0 Å². The lowest BCUT2D eigenvalue weighted by Gasteiger charge is -2.07. The Morgan fingerprint density at radius 1 is 1.59 bits per heavy atom. The van der Waals surface area contributed by atoms with E-state index in [0.29, 0.717) is 19.5 Å². The van der Waals surface area contributed by atoms with Crippen LogP contribution in [0.5, 0.6) is 5.75 Å². The first-order chi connectivity index (χ1) is 8.17. The van der Waals surface area contributed by atoms with E-state index < -0.39 is 0 Å². The minimum Gasteiger partial charge on any atom is -0.497 e. The van der Waals surface area contributed by atoms with E-state index in [0.717, 1.165) is 15.8 Å². The van der Waals surface area contributed by atoms with E-state index in [1.165, 1.54) is 0 Å². The molecule has 0 aromatic heterocycles. The van der Waals surface area contributed by atoms with E-state index in [-0.39, 0.29) is 5.78 Å². The van der Waals surface area contributed by atoms with Crippen LogP contribution in [-0.2, 0) is 11.2 Å². The summed E-state index contributed by atoms with van der Waals surface area (Å²) in [6.45, 7) is 4.58. The number of ether oxygens (including phenoxy) is 1. The first-order valence-corrected chi connectivity index (χ1v) is 6.12. The van der Waals surface area contributed by atoms with Gasteiger partial charge in [0.2, 0.25) is 0 Å². The van der Waals surface area contributed by atoms with Crippen molar-refractivity contribution in [2.45, 2.75) is 6.42 Å². The third kappa shape index (κ3) is 4.71. The first-order valence-electron chi connectivity index (χ1n) is 5.33. The molecule has 1 rings (SSSR count). The summed E-state index contributed by atoms with van der Waals surface area (Å²) in [6.07, 6.45) is 2.12. The molecule has 0 spiro atoms. The highest BCUT2D eigenvalue weighted by Crippen LogP contribution is 2.22. The molecule has 0 unspecified atom stereocenters. The van der Waals surface area contributed by atoms with E-state index in [1.54, 1.807) is 13.2 Å². The van der Waals surface area contributed by atoms with Crippen LogP contribution < -0.4 is 10.1 Å². The van der Waals surface area contributed by atoms with Gasteiger partial charge in [-0.05, 0) is 23.8 Å². The minimum atomic E-state index is 0.140. The number of Topliss-reactive ketones (excluding diaryl/α,β-unsaturated/α-hetero) is 1. The van der Waals surface area contributed by atoms with Crippen LogP contribution in [0, 0.1) is 0 Å². The number of nitrogens with one attached hydrogen (secondary N) is 1. The van der Waals surface area contributed by atoms with E-state index >= 15 is 0 Å². The maximum atomic E-state index is 11.7. The Kier molecular flexibility index (Phi) is 5.94. The van der Waals surface area contributed by atoms with Crippen LogP contribution in [0.25, 0.3) is 0 Å². The Morgan fingerprint density at radius 2 is 2.35 bits per heavy atom. The largest absolute Gasteiger partial charge is 0.497 e. The molecule has 0 bridgehead atoms. The molecule has 1 N–H and O–H groups in total. The highest BCUT2D eigenvalue weighted by atomic mass is 79.9. The van der Waals surface area contributed by atoms with Gasteiger partial charge in [-0.2, -0.15) is 0 Å². The van der Waals surface area contributed by atoms with Crippen molar-refractivity contribution in [1.29, 1.82) is 0 Å². The molecular formula is C13H16BrNO2. The predicted molar refractivity (Wildman–Crippen MR) is 72.5 cm³/mol. The number of benzene rings is 1. The summed E-state index contributed by atoms with van der Waals surface area (Å²) in [4.78, 5) is 11.7.